The van der Waals surface area contributed by atoms with E-state index in [2.05, 4.69) is 10.2 Å². The number of likely N-dealkylation sites (tertiary alicyclic amines) is 1. The molecule has 1 N–H and O–H groups in total. The summed E-state index contributed by atoms with van der Waals surface area (Å²) >= 11 is 0. The van der Waals surface area contributed by atoms with Gasteiger partial charge in [0.1, 0.15) is 0 Å². The highest BCUT2D eigenvalue weighted by Gasteiger charge is 2.39. The topological polar surface area (TPSA) is 32.3 Å². The van der Waals surface area contributed by atoms with E-state index in [0.29, 0.717) is 17.2 Å². The summed E-state index contributed by atoms with van der Waals surface area (Å²) in [5, 5.41) is 3.36. The summed E-state index contributed by atoms with van der Waals surface area (Å²) in [5.74, 6) is 0.770. The highest BCUT2D eigenvalue weighted by atomic mass is 35.5. The van der Waals surface area contributed by atoms with Gasteiger partial charge in [-0.3, -0.25) is 4.79 Å². The van der Waals surface area contributed by atoms with E-state index in [1.165, 1.54) is 44.9 Å². The largest absolute Gasteiger partial charge is 0.342 e. The maximum atomic E-state index is 12.7. The van der Waals surface area contributed by atoms with Crippen molar-refractivity contribution in [3.63, 3.8) is 0 Å². The molecule has 0 aromatic carbocycles. The van der Waals surface area contributed by atoms with E-state index in [-0.39, 0.29) is 12.4 Å². The Morgan fingerprint density at radius 3 is 2.35 bits per heavy atom. The van der Waals surface area contributed by atoms with Crippen LogP contribution in [0.15, 0.2) is 0 Å². The van der Waals surface area contributed by atoms with Gasteiger partial charge in [-0.05, 0) is 57.0 Å². The Kier molecular flexibility index (Phi) is 5.74. The third kappa shape index (κ3) is 3.48. The van der Waals surface area contributed by atoms with Crippen LogP contribution < -0.4 is 5.32 Å². The van der Waals surface area contributed by atoms with Crippen LogP contribution in [-0.2, 0) is 4.79 Å². The summed E-state index contributed by atoms with van der Waals surface area (Å²) in [6, 6.07) is 0. The van der Waals surface area contributed by atoms with Crippen LogP contribution in [0.2, 0.25) is 0 Å². The first-order valence-electron chi connectivity index (χ1n) is 8.29. The number of hydrogen-bond donors (Lipinski definition) is 1. The van der Waals surface area contributed by atoms with Gasteiger partial charge in [-0.25, -0.2) is 0 Å². The molecule has 3 fully saturated rings. The van der Waals surface area contributed by atoms with Crippen LogP contribution in [0.1, 0.15) is 57.8 Å². The van der Waals surface area contributed by atoms with E-state index in [1.807, 2.05) is 0 Å². The number of rotatable bonds is 1. The van der Waals surface area contributed by atoms with Crippen molar-refractivity contribution in [1.29, 1.82) is 0 Å². The maximum absolute atomic E-state index is 12.7. The molecule has 2 saturated heterocycles. The predicted molar refractivity (Wildman–Crippen MR) is 84.2 cm³/mol. The zero-order valence-electron chi connectivity index (χ0n) is 12.5. The zero-order chi connectivity index (χ0) is 13.1. The fourth-order valence-electron chi connectivity index (χ4n) is 4.43. The van der Waals surface area contributed by atoms with E-state index in [1.54, 1.807) is 0 Å². The van der Waals surface area contributed by atoms with E-state index in [0.717, 1.165) is 39.0 Å². The maximum Gasteiger partial charge on any atom is 0.225 e. The number of halogens is 1. The van der Waals surface area contributed by atoms with Crippen molar-refractivity contribution in [1.82, 2.24) is 10.2 Å². The van der Waals surface area contributed by atoms with Gasteiger partial charge in [0, 0.05) is 19.0 Å². The lowest BCUT2D eigenvalue weighted by Crippen LogP contribution is -2.50. The Labute approximate surface area is 129 Å². The summed E-state index contributed by atoms with van der Waals surface area (Å²) in [7, 11) is 0. The highest BCUT2D eigenvalue weighted by molar-refractivity contribution is 5.85. The molecule has 0 aromatic rings. The molecule has 4 heteroatoms. The number of hydrogen-bond acceptors (Lipinski definition) is 2. The van der Waals surface area contributed by atoms with Crippen molar-refractivity contribution >= 4 is 18.3 Å². The van der Waals surface area contributed by atoms with E-state index in [9.17, 15) is 4.79 Å². The minimum Gasteiger partial charge on any atom is -0.342 e. The van der Waals surface area contributed by atoms with Crippen molar-refractivity contribution in [3.05, 3.63) is 0 Å². The minimum atomic E-state index is 0. The number of nitrogens with one attached hydrogen (secondary N) is 1. The first-order chi connectivity index (χ1) is 9.29. The summed E-state index contributed by atoms with van der Waals surface area (Å²) in [5.41, 5.74) is 0.499. The van der Waals surface area contributed by atoms with Crippen LogP contribution in [0, 0.1) is 11.3 Å². The Bertz CT molecular complexity index is 317. The molecule has 0 unspecified atom stereocenters. The molecule has 1 aliphatic carbocycles. The fraction of sp³-hybridized carbons (Fsp3) is 0.938. The van der Waals surface area contributed by atoms with E-state index >= 15 is 0 Å². The highest BCUT2D eigenvalue weighted by Crippen LogP contribution is 2.43. The average molecular weight is 301 g/mol. The zero-order valence-corrected chi connectivity index (χ0v) is 13.3. The van der Waals surface area contributed by atoms with Crippen LogP contribution in [-0.4, -0.2) is 37.0 Å². The number of carbonyl (C=O) groups is 1. The smallest absolute Gasteiger partial charge is 0.225 e. The van der Waals surface area contributed by atoms with Gasteiger partial charge in [-0.2, -0.15) is 0 Å². The normalized spacial score (nSPS) is 27.1. The predicted octanol–water partition coefficient (Wildman–Crippen LogP) is 2.98. The quantitative estimate of drug-likeness (QED) is 0.807. The lowest BCUT2D eigenvalue weighted by molar-refractivity contribution is -0.140. The number of nitrogens with zero attached hydrogens (tertiary/aromatic N) is 1. The van der Waals surface area contributed by atoms with Crippen LogP contribution in [0.4, 0.5) is 0 Å². The van der Waals surface area contributed by atoms with Gasteiger partial charge in [0.2, 0.25) is 5.91 Å². The van der Waals surface area contributed by atoms with Gasteiger partial charge in [0.05, 0.1) is 0 Å². The van der Waals surface area contributed by atoms with Crippen LogP contribution in [0.5, 0.6) is 0 Å². The Hall–Kier alpha value is -0.280. The van der Waals surface area contributed by atoms with Crippen LogP contribution in [0.3, 0.4) is 0 Å². The van der Waals surface area contributed by atoms with Crippen LogP contribution >= 0.6 is 12.4 Å². The molecule has 20 heavy (non-hydrogen) atoms. The molecule has 3 aliphatic rings. The van der Waals surface area contributed by atoms with E-state index < -0.39 is 0 Å². The first-order valence-corrected chi connectivity index (χ1v) is 8.29. The van der Waals surface area contributed by atoms with Crippen LogP contribution in [0.25, 0.3) is 0 Å². The monoisotopic (exact) mass is 300 g/mol. The standard InChI is InChI=1S/C16H28N2O.ClH/c19-15(14-5-10-17-11-6-14)18-12-4-9-16(13-18)7-2-1-3-8-16;/h14,17H,1-13H2;1H. The Balaban J connectivity index is 0.00000147. The molecule has 0 atom stereocenters. The van der Waals surface area contributed by atoms with Gasteiger partial charge in [-0.15, -0.1) is 12.4 Å². The lowest BCUT2D eigenvalue weighted by atomic mass is 9.69. The van der Waals surface area contributed by atoms with Gasteiger partial charge in [-0.1, -0.05) is 19.3 Å². The average Bonchev–Trinajstić information content (AvgIpc) is 2.48. The molecule has 0 bridgehead atoms. The molecule has 1 spiro atoms. The van der Waals surface area contributed by atoms with Gasteiger partial charge >= 0.3 is 0 Å². The third-order valence-electron chi connectivity index (χ3n) is 5.58. The molecule has 3 rings (SSSR count). The molecule has 116 valence electrons. The van der Waals surface area contributed by atoms with Crippen molar-refractivity contribution in [2.75, 3.05) is 26.2 Å². The Morgan fingerprint density at radius 2 is 1.65 bits per heavy atom. The molecular weight excluding hydrogens is 272 g/mol. The summed E-state index contributed by atoms with van der Waals surface area (Å²) in [6.45, 7) is 4.13. The van der Waals surface area contributed by atoms with Crippen molar-refractivity contribution in [3.8, 4) is 0 Å². The van der Waals surface area contributed by atoms with Crippen molar-refractivity contribution < 1.29 is 4.79 Å². The molecule has 1 saturated carbocycles. The van der Waals surface area contributed by atoms with Gasteiger partial charge in [0.25, 0.3) is 0 Å². The fourth-order valence-corrected chi connectivity index (χ4v) is 4.43. The van der Waals surface area contributed by atoms with E-state index in [4.69, 9.17) is 0 Å². The number of piperidine rings is 2. The molecule has 1 amide bonds. The van der Waals surface area contributed by atoms with Gasteiger partial charge in [0.15, 0.2) is 0 Å². The second kappa shape index (κ2) is 7.13. The SMILES string of the molecule is Cl.O=C(C1CCNCC1)N1CCCC2(CCCCC2)C1. The summed E-state index contributed by atoms with van der Waals surface area (Å²) in [6.07, 6.45) is 11.6. The number of carbonyl (C=O) groups excluding carboxylic acids is 1. The van der Waals surface area contributed by atoms with Gasteiger partial charge < -0.3 is 10.2 Å². The first kappa shape index (κ1) is 16.1. The van der Waals surface area contributed by atoms with Crippen molar-refractivity contribution in [2.45, 2.75) is 57.8 Å². The molecule has 2 heterocycles. The minimum absolute atomic E-state index is 0. The second-order valence-electron chi connectivity index (χ2n) is 6.95. The molecule has 0 aromatic heterocycles. The lowest BCUT2D eigenvalue weighted by Gasteiger charge is -2.46. The molecule has 3 nitrogen and oxygen atoms in total. The third-order valence-corrected chi connectivity index (χ3v) is 5.58. The molecule has 0 radical (unpaired) electrons. The summed E-state index contributed by atoms with van der Waals surface area (Å²) < 4.78 is 0. The summed E-state index contributed by atoms with van der Waals surface area (Å²) in [4.78, 5) is 14.9. The Morgan fingerprint density at radius 1 is 1.00 bits per heavy atom. The molecular formula is C16H29ClN2O. The number of amides is 1. The molecule has 2 aliphatic heterocycles. The van der Waals surface area contributed by atoms with Crippen molar-refractivity contribution in [2.24, 2.45) is 11.3 Å². The second-order valence-corrected chi connectivity index (χ2v) is 6.95.